The van der Waals surface area contributed by atoms with Crippen LogP contribution < -0.4 is 14.8 Å². The second-order valence-corrected chi connectivity index (χ2v) is 7.01. The third-order valence-electron chi connectivity index (χ3n) is 5.23. The van der Waals surface area contributed by atoms with Crippen LogP contribution in [-0.4, -0.2) is 41.1 Å². The second kappa shape index (κ2) is 7.88. The molecule has 2 aromatic rings. The molecule has 1 fully saturated rings. The van der Waals surface area contributed by atoms with Gasteiger partial charge < -0.3 is 19.7 Å². The molecule has 0 radical (unpaired) electrons. The van der Waals surface area contributed by atoms with Crippen molar-refractivity contribution in [2.75, 3.05) is 18.7 Å². The lowest BCUT2D eigenvalue weighted by atomic mass is 9.99. The lowest BCUT2D eigenvalue weighted by Gasteiger charge is -2.35. The first kappa shape index (κ1) is 18.3. The van der Waals surface area contributed by atoms with Crippen LogP contribution in [0.3, 0.4) is 0 Å². The number of fused-ring (bicyclic) bond motifs is 1. The molecular weight excluding hydrogens is 358 g/mol. The van der Waals surface area contributed by atoms with Gasteiger partial charge in [0.05, 0.1) is 0 Å². The first-order valence-corrected chi connectivity index (χ1v) is 9.63. The number of benzene rings is 1. The molecule has 2 amide bonds. The van der Waals surface area contributed by atoms with Gasteiger partial charge in [0.25, 0.3) is 11.8 Å². The molecular formula is C21H23N3O4. The molecule has 4 rings (SSSR count). The van der Waals surface area contributed by atoms with E-state index in [-0.39, 0.29) is 24.6 Å². The van der Waals surface area contributed by atoms with Crippen molar-refractivity contribution in [2.24, 2.45) is 0 Å². The number of hydrogen-bond acceptors (Lipinski definition) is 5. The average molecular weight is 381 g/mol. The molecule has 1 aromatic heterocycles. The van der Waals surface area contributed by atoms with Crippen molar-refractivity contribution in [3.63, 3.8) is 0 Å². The van der Waals surface area contributed by atoms with Gasteiger partial charge in [0.2, 0.25) is 6.79 Å². The number of nitrogens with zero attached hydrogens (tertiary/aromatic N) is 2. The molecule has 1 unspecified atom stereocenters. The Morgan fingerprint density at radius 1 is 1.18 bits per heavy atom. The van der Waals surface area contributed by atoms with E-state index in [1.807, 2.05) is 4.90 Å². The van der Waals surface area contributed by atoms with E-state index < -0.39 is 0 Å². The van der Waals surface area contributed by atoms with Gasteiger partial charge in [-0.25, -0.2) is 0 Å². The van der Waals surface area contributed by atoms with Crippen molar-refractivity contribution < 1.29 is 19.1 Å². The topological polar surface area (TPSA) is 80.8 Å². The highest BCUT2D eigenvalue weighted by Gasteiger charge is 2.27. The largest absolute Gasteiger partial charge is 0.454 e. The summed E-state index contributed by atoms with van der Waals surface area (Å²) < 4.78 is 10.6. The first-order chi connectivity index (χ1) is 13.7. The van der Waals surface area contributed by atoms with E-state index in [2.05, 4.69) is 17.2 Å². The Hall–Kier alpha value is -3.09. The van der Waals surface area contributed by atoms with Crippen molar-refractivity contribution in [1.82, 2.24) is 9.88 Å². The number of carbonyl (C=O) groups excluding carboxylic acids is 2. The fourth-order valence-corrected chi connectivity index (χ4v) is 3.71. The minimum atomic E-state index is -0.305. The van der Waals surface area contributed by atoms with Crippen molar-refractivity contribution in [1.29, 1.82) is 0 Å². The first-order valence-electron chi connectivity index (χ1n) is 9.63. The van der Waals surface area contributed by atoms with Gasteiger partial charge in [0, 0.05) is 36.1 Å². The Labute approximate surface area is 163 Å². The summed E-state index contributed by atoms with van der Waals surface area (Å²) in [5.74, 6) is 0.839. The maximum Gasteiger partial charge on any atom is 0.272 e. The Balaban J connectivity index is 1.50. The van der Waals surface area contributed by atoms with Crippen LogP contribution >= 0.6 is 0 Å². The molecule has 0 bridgehead atoms. The van der Waals surface area contributed by atoms with Gasteiger partial charge in [-0.1, -0.05) is 6.92 Å². The minimum Gasteiger partial charge on any atom is -0.454 e. The summed E-state index contributed by atoms with van der Waals surface area (Å²) in [4.78, 5) is 31.7. The molecule has 3 heterocycles. The van der Waals surface area contributed by atoms with Gasteiger partial charge in [0.15, 0.2) is 11.5 Å². The van der Waals surface area contributed by atoms with E-state index in [4.69, 9.17) is 9.47 Å². The summed E-state index contributed by atoms with van der Waals surface area (Å²) in [6.45, 7) is 3.02. The second-order valence-electron chi connectivity index (χ2n) is 7.01. The number of piperidine rings is 1. The molecule has 0 saturated carbocycles. The van der Waals surface area contributed by atoms with Gasteiger partial charge in [-0.05, 0) is 49.9 Å². The highest BCUT2D eigenvalue weighted by Crippen LogP contribution is 2.34. The maximum atomic E-state index is 12.9. The fourth-order valence-electron chi connectivity index (χ4n) is 3.71. The predicted octanol–water partition coefficient (Wildman–Crippen LogP) is 3.47. The van der Waals surface area contributed by atoms with Crippen LogP contribution in [0.25, 0.3) is 0 Å². The normalized spacial score (nSPS) is 18.0. The van der Waals surface area contributed by atoms with Crippen LogP contribution in [0, 0.1) is 0 Å². The molecule has 1 aromatic carbocycles. The number of amides is 2. The van der Waals surface area contributed by atoms with Crippen LogP contribution in [-0.2, 0) is 0 Å². The molecule has 1 N–H and O–H groups in total. The number of pyridine rings is 1. The summed E-state index contributed by atoms with van der Waals surface area (Å²) in [6.07, 6.45) is 5.61. The Morgan fingerprint density at radius 3 is 2.89 bits per heavy atom. The van der Waals surface area contributed by atoms with Gasteiger partial charge in [-0.15, -0.1) is 0 Å². The summed E-state index contributed by atoms with van der Waals surface area (Å²) in [6, 6.07) is 8.62. The number of hydrogen-bond donors (Lipinski definition) is 1. The standard InChI is InChI=1S/C21H23N3O4/c1-2-16-5-3-4-10-24(16)21(26)17-11-14(8-9-22-17)20(25)23-15-6-7-18-19(12-15)28-13-27-18/h6-9,11-12,16H,2-5,10,13H2,1H3,(H,23,25). The fraction of sp³-hybridized carbons (Fsp3) is 0.381. The lowest BCUT2D eigenvalue weighted by Crippen LogP contribution is -2.43. The Morgan fingerprint density at radius 2 is 2.04 bits per heavy atom. The van der Waals surface area contributed by atoms with Crippen LogP contribution in [0.5, 0.6) is 11.5 Å². The lowest BCUT2D eigenvalue weighted by molar-refractivity contribution is 0.0602. The molecule has 7 heteroatoms. The third-order valence-corrected chi connectivity index (χ3v) is 5.23. The number of nitrogens with one attached hydrogen (secondary N) is 1. The minimum absolute atomic E-state index is 0.107. The summed E-state index contributed by atoms with van der Waals surface area (Å²) in [5, 5.41) is 2.83. The van der Waals surface area contributed by atoms with Gasteiger partial charge >= 0.3 is 0 Å². The smallest absolute Gasteiger partial charge is 0.272 e. The van der Waals surface area contributed by atoms with E-state index in [1.54, 1.807) is 30.3 Å². The van der Waals surface area contributed by atoms with Crippen LogP contribution in [0.1, 0.15) is 53.5 Å². The summed E-state index contributed by atoms with van der Waals surface area (Å²) in [5.41, 5.74) is 1.29. The molecule has 146 valence electrons. The highest BCUT2D eigenvalue weighted by molar-refractivity contribution is 6.05. The van der Waals surface area contributed by atoms with Crippen LogP contribution in [0.4, 0.5) is 5.69 Å². The quantitative estimate of drug-likeness (QED) is 0.877. The summed E-state index contributed by atoms with van der Waals surface area (Å²) in [7, 11) is 0. The van der Waals surface area contributed by atoms with E-state index in [1.165, 1.54) is 6.20 Å². The zero-order valence-corrected chi connectivity index (χ0v) is 15.8. The Bertz CT molecular complexity index is 899. The van der Waals surface area contributed by atoms with Crippen molar-refractivity contribution >= 4 is 17.5 Å². The number of ether oxygens (including phenoxy) is 2. The molecule has 2 aliphatic heterocycles. The van der Waals surface area contributed by atoms with Gasteiger partial charge in [-0.2, -0.15) is 0 Å². The third kappa shape index (κ3) is 3.65. The highest BCUT2D eigenvalue weighted by atomic mass is 16.7. The molecule has 0 spiro atoms. The van der Waals surface area contributed by atoms with Crippen molar-refractivity contribution in [3.05, 3.63) is 47.8 Å². The zero-order chi connectivity index (χ0) is 19.5. The van der Waals surface area contributed by atoms with Crippen molar-refractivity contribution in [2.45, 2.75) is 38.6 Å². The molecule has 0 aliphatic carbocycles. The molecule has 7 nitrogen and oxygen atoms in total. The Kier molecular flexibility index (Phi) is 5.14. The molecule has 2 aliphatic rings. The number of aromatic nitrogens is 1. The maximum absolute atomic E-state index is 12.9. The summed E-state index contributed by atoms with van der Waals surface area (Å²) >= 11 is 0. The van der Waals surface area contributed by atoms with E-state index in [0.717, 1.165) is 32.2 Å². The number of rotatable bonds is 4. The number of anilines is 1. The number of likely N-dealkylation sites (tertiary alicyclic amines) is 1. The van der Waals surface area contributed by atoms with Gasteiger partial charge in [0.1, 0.15) is 5.69 Å². The molecule has 28 heavy (non-hydrogen) atoms. The molecule has 1 saturated heterocycles. The van der Waals surface area contributed by atoms with Crippen LogP contribution in [0.2, 0.25) is 0 Å². The van der Waals surface area contributed by atoms with E-state index in [0.29, 0.717) is 28.4 Å². The zero-order valence-electron chi connectivity index (χ0n) is 15.8. The molecule has 1 atom stereocenters. The van der Waals surface area contributed by atoms with Crippen LogP contribution in [0.15, 0.2) is 36.5 Å². The number of carbonyl (C=O) groups is 2. The monoisotopic (exact) mass is 381 g/mol. The van der Waals surface area contributed by atoms with E-state index in [9.17, 15) is 9.59 Å². The van der Waals surface area contributed by atoms with Gasteiger partial charge in [-0.3, -0.25) is 14.6 Å². The van der Waals surface area contributed by atoms with E-state index >= 15 is 0 Å². The SMILES string of the molecule is CCC1CCCCN1C(=O)c1cc(C(=O)Nc2ccc3c(c2)OCO3)ccn1. The van der Waals surface area contributed by atoms with Crippen molar-refractivity contribution in [3.8, 4) is 11.5 Å². The average Bonchev–Trinajstić information content (AvgIpc) is 3.21. The predicted molar refractivity (Wildman–Crippen MR) is 104 cm³/mol.